The number of carbonyl (C=O) groups excluding carboxylic acids is 1. The van der Waals surface area contributed by atoms with Crippen LogP contribution in [0.25, 0.3) is 22.5 Å². The standard InChI is InChI=1S/C25H22F5N7O3S/c1-35(2)13-21(38)37(41(39,40)20-11-14(27)3-4-16(20)28)19-6-5-17(29)22(23(19)30)24-15(12-36(34-24)10-8-26)18-7-9-32-25(31)33-18/h3-7,9,11-12H,8,10,13H2,1-2H3,(H2,31,32,33). The van der Waals surface area contributed by atoms with Gasteiger partial charge in [-0.25, -0.2) is 40.3 Å². The Bertz CT molecular complexity index is 1730. The van der Waals surface area contributed by atoms with Crippen LogP contribution < -0.4 is 10.0 Å². The van der Waals surface area contributed by atoms with E-state index in [0.29, 0.717) is 30.3 Å². The van der Waals surface area contributed by atoms with E-state index in [1.807, 2.05) is 0 Å². The van der Waals surface area contributed by atoms with Gasteiger partial charge in [-0.2, -0.15) is 9.40 Å². The number of amides is 1. The molecule has 4 aromatic rings. The minimum absolute atomic E-state index is 0.0206. The van der Waals surface area contributed by atoms with E-state index in [9.17, 15) is 26.4 Å². The predicted octanol–water partition coefficient (Wildman–Crippen LogP) is 3.40. The number of anilines is 2. The second-order valence-corrected chi connectivity index (χ2v) is 10.6. The van der Waals surface area contributed by atoms with Crippen LogP contribution in [-0.4, -0.2) is 66.3 Å². The monoisotopic (exact) mass is 595 g/mol. The van der Waals surface area contributed by atoms with Gasteiger partial charge in [0.05, 0.1) is 30.0 Å². The number of aryl methyl sites for hydroxylation is 1. The van der Waals surface area contributed by atoms with Gasteiger partial charge in [0.2, 0.25) is 5.95 Å². The van der Waals surface area contributed by atoms with Crippen LogP contribution in [0.4, 0.5) is 33.6 Å². The first-order valence-electron chi connectivity index (χ1n) is 11.7. The Hall–Kier alpha value is -4.44. The van der Waals surface area contributed by atoms with E-state index in [2.05, 4.69) is 15.1 Å². The Kier molecular flexibility index (Phi) is 8.34. The van der Waals surface area contributed by atoms with Gasteiger partial charge < -0.3 is 10.6 Å². The van der Waals surface area contributed by atoms with E-state index in [1.54, 1.807) is 0 Å². The first-order chi connectivity index (χ1) is 19.3. The molecule has 2 heterocycles. The van der Waals surface area contributed by atoms with Crippen molar-refractivity contribution >= 4 is 27.6 Å². The lowest BCUT2D eigenvalue weighted by molar-refractivity contribution is -0.118. The van der Waals surface area contributed by atoms with Gasteiger partial charge in [0.25, 0.3) is 15.9 Å². The van der Waals surface area contributed by atoms with Gasteiger partial charge in [-0.1, -0.05) is 0 Å². The second kappa shape index (κ2) is 11.6. The highest BCUT2D eigenvalue weighted by atomic mass is 32.2. The van der Waals surface area contributed by atoms with Crippen LogP contribution >= 0.6 is 0 Å². The van der Waals surface area contributed by atoms with E-state index in [-0.39, 0.29) is 28.1 Å². The molecule has 0 unspecified atom stereocenters. The molecule has 2 aromatic carbocycles. The Labute approximate surface area is 230 Å². The summed E-state index contributed by atoms with van der Waals surface area (Å²) in [6, 6.07) is 4.21. The number of nitrogen functional groups attached to an aromatic ring is 1. The summed E-state index contributed by atoms with van der Waals surface area (Å²) in [5, 5.41) is 4.06. The first-order valence-corrected chi connectivity index (χ1v) is 13.2. The molecule has 16 heteroatoms. The van der Waals surface area contributed by atoms with Gasteiger partial charge in [-0.05, 0) is 50.5 Å². The van der Waals surface area contributed by atoms with E-state index >= 15 is 8.78 Å². The molecule has 1 amide bonds. The molecule has 0 radical (unpaired) electrons. The molecule has 0 bridgehead atoms. The number of aromatic nitrogens is 4. The normalized spacial score (nSPS) is 11.7. The van der Waals surface area contributed by atoms with Crippen LogP contribution in [0, 0.1) is 23.3 Å². The fourth-order valence-electron chi connectivity index (χ4n) is 3.94. The molecule has 0 saturated heterocycles. The highest BCUT2D eigenvalue weighted by molar-refractivity contribution is 7.93. The molecule has 0 atom stereocenters. The smallest absolute Gasteiger partial charge is 0.274 e. The summed E-state index contributed by atoms with van der Waals surface area (Å²) in [5.41, 5.74) is 3.35. The molecule has 4 rings (SSSR count). The zero-order valence-electron chi connectivity index (χ0n) is 21.5. The van der Waals surface area contributed by atoms with Crippen molar-refractivity contribution in [2.75, 3.05) is 37.4 Å². The SMILES string of the molecule is CN(C)CC(=O)N(c1ccc(F)c(-c2nn(CCF)cc2-c2ccnc(N)n2)c1F)S(=O)(=O)c1cc(F)ccc1F. The largest absolute Gasteiger partial charge is 0.368 e. The highest BCUT2D eigenvalue weighted by Crippen LogP contribution is 2.39. The number of carbonyl (C=O) groups is 1. The van der Waals surface area contributed by atoms with Crippen LogP contribution in [0.15, 0.2) is 53.7 Å². The van der Waals surface area contributed by atoms with Crippen molar-refractivity contribution in [3.63, 3.8) is 0 Å². The number of nitrogens with two attached hydrogens (primary N) is 1. The van der Waals surface area contributed by atoms with Crippen LogP contribution in [-0.2, 0) is 21.4 Å². The Morgan fingerprint density at radius 2 is 1.76 bits per heavy atom. The number of halogens is 5. The molecule has 0 spiro atoms. The summed E-state index contributed by atoms with van der Waals surface area (Å²) in [6.45, 7) is -1.81. The number of sulfonamides is 1. The maximum Gasteiger partial charge on any atom is 0.274 e. The van der Waals surface area contributed by atoms with Crippen LogP contribution in [0.3, 0.4) is 0 Å². The number of alkyl halides is 1. The van der Waals surface area contributed by atoms with Gasteiger partial charge in [-0.15, -0.1) is 0 Å². The number of benzene rings is 2. The lowest BCUT2D eigenvalue weighted by atomic mass is 10.0. The zero-order valence-corrected chi connectivity index (χ0v) is 22.3. The molecule has 0 saturated carbocycles. The molecule has 2 N–H and O–H groups in total. The number of nitrogens with zero attached hydrogens (tertiary/aromatic N) is 6. The number of likely N-dealkylation sites (N-methyl/N-ethyl adjacent to an activating group) is 1. The highest BCUT2D eigenvalue weighted by Gasteiger charge is 2.37. The lowest BCUT2D eigenvalue weighted by Crippen LogP contribution is -2.43. The summed E-state index contributed by atoms with van der Waals surface area (Å²) >= 11 is 0. The quantitative estimate of drug-likeness (QED) is 0.292. The summed E-state index contributed by atoms with van der Waals surface area (Å²) in [5.74, 6) is -6.81. The fourth-order valence-corrected chi connectivity index (χ4v) is 5.44. The molecule has 0 aliphatic rings. The Morgan fingerprint density at radius 3 is 2.41 bits per heavy atom. The number of rotatable bonds is 9. The maximum absolute atomic E-state index is 16.3. The van der Waals surface area contributed by atoms with Crippen molar-refractivity contribution < 1.29 is 35.2 Å². The summed E-state index contributed by atoms with van der Waals surface area (Å²) in [6.07, 6.45) is 2.51. The molecule has 0 aliphatic heterocycles. The van der Waals surface area contributed by atoms with Crippen molar-refractivity contribution in [3.8, 4) is 22.5 Å². The number of hydrogen-bond donors (Lipinski definition) is 1. The second-order valence-electron chi connectivity index (χ2n) is 8.87. The molecule has 0 aliphatic carbocycles. The Morgan fingerprint density at radius 1 is 1.05 bits per heavy atom. The molecule has 41 heavy (non-hydrogen) atoms. The first kappa shape index (κ1) is 29.5. The number of hydrogen-bond acceptors (Lipinski definition) is 8. The van der Waals surface area contributed by atoms with Crippen molar-refractivity contribution in [2.24, 2.45) is 0 Å². The van der Waals surface area contributed by atoms with Gasteiger partial charge in [-0.3, -0.25) is 9.48 Å². The van der Waals surface area contributed by atoms with Crippen LogP contribution in [0.2, 0.25) is 0 Å². The van der Waals surface area contributed by atoms with Gasteiger partial charge >= 0.3 is 0 Å². The van der Waals surface area contributed by atoms with Crippen molar-refractivity contribution in [3.05, 3.63) is 72.1 Å². The average Bonchev–Trinajstić information content (AvgIpc) is 3.30. The third-order valence-electron chi connectivity index (χ3n) is 5.64. The molecule has 216 valence electrons. The van der Waals surface area contributed by atoms with Crippen LogP contribution in [0.1, 0.15) is 0 Å². The van der Waals surface area contributed by atoms with Gasteiger partial charge in [0.15, 0.2) is 5.82 Å². The van der Waals surface area contributed by atoms with Gasteiger partial charge in [0, 0.05) is 18.0 Å². The van der Waals surface area contributed by atoms with E-state index in [4.69, 9.17) is 5.73 Å². The third-order valence-corrected chi connectivity index (χ3v) is 7.39. The van der Waals surface area contributed by atoms with Crippen molar-refractivity contribution in [1.82, 2.24) is 24.6 Å². The maximum atomic E-state index is 16.3. The third kappa shape index (κ3) is 5.88. The van der Waals surface area contributed by atoms with Crippen molar-refractivity contribution in [1.29, 1.82) is 0 Å². The van der Waals surface area contributed by atoms with Gasteiger partial charge in [0.1, 0.15) is 34.7 Å². The van der Waals surface area contributed by atoms with Crippen LogP contribution in [0.5, 0.6) is 0 Å². The molecule has 0 fully saturated rings. The predicted molar refractivity (Wildman–Crippen MR) is 139 cm³/mol. The van der Waals surface area contributed by atoms with E-state index in [0.717, 1.165) is 4.68 Å². The summed E-state index contributed by atoms with van der Waals surface area (Å²) in [4.78, 5) is 21.0. The van der Waals surface area contributed by atoms with Crippen molar-refractivity contribution in [2.45, 2.75) is 11.4 Å². The minimum Gasteiger partial charge on any atom is -0.368 e. The molecule has 10 nitrogen and oxygen atoms in total. The average molecular weight is 596 g/mol. The summed E-state index contributed by atoms with van der Waals surface area (Å²) in [7, 11) is -2.47. The van der Waals surface area contributed by atoms with E-state index in [1.165, 1.54) is 37.5 Å². The fraction of sp³-hybridized carbons (Fsp3) is 0.200. The lowest BCUT2D eigenvalue weighted by Gasteiger charge is -2.25. The molecular formula is C25H22F5N7O3S. The zero-order chi connectivity index (χ0) is 30.1. The van der Waals surface area contributed by atoms with E-state index < -0.39 is 74.3 Å². The summed E-state index contributed by atoms with van der Waals surface area (Å²) < 4.78 is 101. The Balaban J connectivity index is 2.00. The topological polar surface area (TPSA) is 127 Å². The molecule has 2 aromatic heterocycles. The molecular weight excluding hydrogens is 573 g/mol. The minimum atomic E-state index is -5.29.